The van der Waals surface area contributed by atoms with Gasteiger partial charge in [-0.15, -0.1) is 0 Å². The molecule has 0 aromatic heterocycles. The van der Waals surface area contributed by atoms with E-state index in [2.05, 4.69) is 6.58 Å². The van der Waals surface area contributed by atoms with Crippen molar-refractivity contribution in [2.24, 2.45) is 0 Å². The normalized spacial score (nSPS) is 10.0. The molecule has 4 heteroatoms. The van der Waals surface area contributed by atoms with Crippen LogP contribution in [0.4, 0.5) is 0 Å². The zero-order valence-electron chi connectivity index (χ0n) is 6.98. The Kier molecular flexibility index (Phi) is 6.21. The van der Waals surface area contributed by atoms with Crippen LogP contribution in [0.15, 0.2) is 12.2 Å². The highest BCUT2D eigenvalue weighted by Crippen LogP contribution is 2.13. The third-order valence-electron chi connectivity index (χ3n) is 1.26. The number of esters is 1. The van der Waals surface area contributed by atoms with Crippen molar-refractivity contribution in [1.29, 1.82) is 0 Å². The van der Waals surface area contributed by atoms with Crippen LogP contribution >= 0.6 is 23.2 Å². The minimum atomic E-state index is -0.876. The lowest BCUT2D eigenvalue weighted by molar-refractivity contribution is -0.139. The first kappa shape index (κ1) is 11.8. The van der Waals surface area contributed by atoms with Crippen molar-refractivity contribution < 1.29 is 9.53 Å². The van der Waals surface area contributed by atoms with E-state index in [4.69, 9.17) is 27.9 Å². The van der Waals surface area contributed by atoms with Crippen LogP contribution < -0.4 is 0 Å². The monoisotopic (exact) mass is 210 g/mol. The molecule has 0 saturated carbocycles. The average molecular weight is 211 g/mol. The van der Waals surface area contributed by atoms with Gasteiger partial charge < -0.3 is 4.74 Å². The van der Waals surface area contributed by atoms with Gasteiger partial charge in [0.2, 0.25) is 0 Å². The Hall–Kier alpha value is -0.210. The zero-order chi connectivity index (χ0) is 9.56. The first-order valence-electron chi connectivity index (χ1n) is 3.73. The second-order valence-corrected chi connectivity index (χ2v) is 3.41. The van der Waals surface area contributed by atoms with Gasteiger partial charge in [-0.05, 0) is 6.42 Å². The third-order valence-corrected chi connectivity index (χ3v) is 1.78. The van der Waals surface area contributed by atoms with Gasteiger partial charge in [-0.3, -0.25) is 0 Å². The molecule has 0 aromatic rings. The summed E-state index contributed by atoms with van der Waals surface area (Å²) in [5, 5.41) is 0. The second kappa shape index (κ2) is 6.32. The molecule has 0 bridgehead atoms. The number of halogens is 2. The van der Waals surface area contributed by atoms with E-state index in [9.17, 15) is 4.79 Å². The van der Waals surface area contributed by atoms with Crippen LogP contribution in [-0.4, -0.2) is 17.4 Å². The summed E-state index contributed by atoms with van der Waals surface area (Å²) < 4.78 is 4.80. The number of hydrogen-bond donors (Lipinski definition) is 0. The fourth-order valence-electron chi connectivity index (χ4n) is 0.491. The molecule has 0 heterocycles. The Balaban J connectivity index is 3.65. The molecule has 0 rings (SSSR count). The van der Waals surface area contributed by atoms with Crippen molar-refractivity contribution in [3.63, 3.8) is 0 Å². The standard InChI is InChI=1S/C8H12Cl2O2/c1-3-4-5-12-8(11)6(2)7(9)10/h7H,2-5H2,1H3. The van der Waals surface area contributed by atoms with Crippen molar-refractivity contribution in [3.8, 4) is 0 Å². The average Bonchev–Trinajstić information content (AvgIpc) is 2.03. The van der Waals surface area contributed by atoms with Crippen molar-refractivity contribution in [3.05, 3.63) is 12.2 Å². The van der Waals surface area contributed by atoms with Crippen LogP contribution in [0, 0.1) is 0 Å². The molecule has 0 aromatic carbocycles. The predicted octanol–water partition coefficient (Wildman–Crippen LogP) is 2.69. The number of ether oxygens (including phenoxy) is 1. The Morgan fingerprint density at radius 3 is 2.58 bits per heavy atom. The van der Waals surface area contributed by atoms with E-state index in [1.165, 1.54) is 0 Å². The van der Waals surface area contributed by atoms with Gasteiger partial charge in [-0.2, -0.15) is 0 Å². The lowest BCUT2D eigenvalue weighted by Gasteiger charge is -2.05. The molecule has 70 valence electrons. The molecule has 0 amide bonds. The maximum absolute atomic E-state index is 11.0. The first-order valence-corrected chi connectivity index (χ1v) is 4.61. The van der Waals surface area contributed by atoms with Gasteiger partial charge in [0.15, 0.2) is 0 Å². The minimum absolute atomic E-state index is 0.0921. The summed E-state index contributed by atoms with van der Waals surface area (Å²) in [5.74, 6) is -0.515. The van der Waals surface area contributed by atoms with E-state index < -0.39 is 10.8 Å². The highest BCUT2D eigenvalue weighted by atomic mass is 35.5. The third kappa shape index (κ3) is 4.62. The van der Waals surface area contributed by atoms with Crippen LogP contribution in [0.1, 0.15) is 19.8 Å². The van der Waals surface area contributed by atoms with E-state index in [0.717, 1.165) is 12.8 Å². The summed E-state index contributed by atoms with van der Waals surface area (Å²) in [5.41, 5.74) is 0.0921. The smallest absolute Gasteiger partial charge is 0.336 e. The Morgan fingerprint density at radius 2 is 2.17 bits per heavy atom. The number of rotatable bonds is 5. The summed E-state index contributed by atoms with van der Waals surface area (Å²) in [4.78, 5) is 10.1. The molecule has 0 unspecified atom stereocenters. The van der Waals surface area contributed by atoms with Crippen LogP contribution in [-0.2, 0) is 9.53 Å². The van der Waals surface area contributed by atoms with Gasteiger partial charge in [0, 0.05) is 0 Å². The number of alkyl halides is 2. The van der Waals surface area contributed by atoms with Crippen LogP contribution in [0.5, 0.6) is 0 Å². The lowest BCUT2D eigenvalue weighted by atomic mass is 10.3. The van der Waals surface area contributed by atoms with Gasteiger partial charge in [0.05, 0.1) is 12.2 Å². The van der Waals surface area contributed by atoms with Gasteiger partial charge in [-0.1, -0.05) is 43.1 Å². The van der Waals surface area contributed by atoms with Crippen LogP contribution in [0.3, 0.4) is 0 Å². The second-order valence-electron chi connectivity index (χ2n) is 2.32. The topological polar surface area (TPSA) is 26.3 Å². The molecule has 0 aliphatic rings. The quantitative estimate of drug-likeness (QED) is 0.302. The van der Waals surface area contributed by atoms with Gasteiger partial charge in [0.1, 0.15) is 4.84 Å². The highest BCUT2D eigenvalue weighted by Gasteiger charge is 2.14. The first-order chi connectivity index (χ1) is 5.59. The Labute approximate surface area is 82.5 Å². The van der Waals surface area contributed by atoms with Crippen LogP contribution in [0.2, 0.25) is 0 Å². The molecule has 0 spiro atoms. The number of unbranched alkanes of at least 4 members (excludes halogenated alkanes) is 1. The fraction of sp³-hybridized carbons (Fsp3) is 0.625. The lowest BCUT2D eigenvalue weighted by Crippen LogP contribution is -2.12. The number of carbonyl (C=O) groups excluding carboxylic acids is 1. The predicted molar refractivity (Wildman–Crippen MR) is 50.5 cm³/mol. The van der Waals surface area contributed by atoms with E-state index in [1.807, 2.05) is 6.92 Å². The van der Waals surface area contributed by atoms with E-state index in [-0.39, 0.29) is 5.57 Å². The Morgan fingerprint density at radius 1 is 1.58 bits per heavy atom. The molecular weight excluding hydrogens is 199 g/mol. The fourth-order valence-corrected chi connectivity index (χ4v) is 0.669. The number of carbonyl (C=O) groups is 1. The van der Waals surface area contributed by atoms with Crippen molar-refractivity contribution in [1.82, 2.24) is 0 Å². The Bertz CT molecular complexity index is 166. The van der Waals surface area contributed by atoms with E-state index in [0.29, 0.717) is 6.61 Å². The van der Waals surface area contributed by atoms with Crippen LogP contribution in [0.25, 0.3) is 0 Å². The number of hydrogen-bond acceptors (Lipinski definition) is 2. The molecule has 2 nitrogen and oxygen atoms in total. The highest BCUT2D eigenvalue weighted by molar-refractivity contribution is 6.47. The molecule has 0 aliphatic carbocycles. The summed E-state index contributed by atoms with van der Waals surface area (Å²) in [7, 11) is 0. The zero-order valence-corrected chi connectivity index (χ0v) is 8.49. The molecular formula is C8H12Cl2O2. The summed E-state index contributed by atoms with van der Waals surface area (Å²) in [6, 6.07) is 0. The van der Waals surface area contributed by atoms with Gasteiger partial charge in [-0.25, -0.2) is 4.79 Å². The van der Waals surface area contributed by atoms with Crippen molar-refractivity contribution >= 4 is 29.2 Å². The molecule has 0 radical (unpaired) electrons. The molecule has 0 aliphatic heterocycles. The largest absolute Gasteiger partial charge is 0.462 e. The van der Waals surface area contributed by atoms with Crippen molar-refractivity contribution in [2.45, 2.75) is 24.6 Å². The summed E-state index contributed by atoms with van der Waals surface area (Å²) in [6.07, 6.45) is 1.82. The maximum Gasteiger partial charge on any atom is 0.336 e. The van der Waals surface area contributed by atoms with E-state index >= 15 is 0 Å². The van der Waals surface area contributed by atoms with Gasteiger partial charge in [0.25, 0.3) is 0 Å². The molecule has 0 atom stereocenters. The molecule has 0 saturated heterocycles. The molecule has 0 N–H and O–H groups in total. The SMILES string of the molecule is C=C(C(=O)OCCCC)C(Cl)Cl. The minimum Gasteiger partial charge on any atom is -0.462 e. The summed E-state index contributed by atoms with van der Waals surface area (Å²) >= 11 is 10.8. The summed E-state index contributed by atoms with van der Waals surface area (Å²) in [6.45, 7) is 5.80. The molecule has 12 heavy (non-hydrogen) atoms. The van der Waals surface area contributed by atoms with Crippen molar-refractivity contribution in [2.75, 3.05) is 6.61 Å². The maximum atomic E-state index is 11.0. The van der Waals surface area contributed by atoms with Gasteiger partial charge >= 0.3 is 5.97 Å². The molecule has 0 fully saturated rings. The van der Waals surface area contributed by atoms with E-state index in [1.54, 1.807) is 0 Å².